The summed E-state index contributed by atoms with van der Waals surface area (Å²) in [4.78, 5) is 0.973. The van der Waals surface area contributed by atoms with Crippen molar-refractivity contribution in [1.29, 1.82) is 0 Å². The fourth-order valence-electron chi connectivity index (χ4n) is 1.91. The van der Waals surface area contributed by atoms with Crippen LogP contribution in [0.25, 0.3) is 0 Å². The van der Waals surface area contributed by atoms with Crippen molar-refractivity contribution in [2.75, 3.05) is 7.11 Å². The van der Waals surface area contributed by atoms with Crippen molar-refractivity contribution in [3.8, 4) is 0 Å². The molecule has 1 N–H and O–H groups in total. The van der Waals surface area contributed by atoms with Crippen LogP contribution < -0.4 is 0 Å². The van der Waals surface area contributed by atoms with Crippen molar-refractivity contribution in [3.63, 3.8) is 0 Å². The highest BCUT2D eigenvalue weighted by Gasteiger charge is 2.24. The van der Waals surface area contributed by atoms with Crippen LogP contribution >= 0.6 is 11.3 Å². The highest BCUT2D eigenvalue weighted by atomic mass is 32.1. The predicted molar refractivity (Wildman–Crippen MR) is 70.2 cm³/mol. The number of hydrogen-bond acceptors (Lipinski definition) is 3. The largest absolute Gasteiger partial charge is 0.384 e. The van der Waals surface area contributed by atoms with Gasteiger partial charge >= 0.3 is 0 Å². The van der Waals surface area contributed by atoms with Crippen LogP contribution in [0.15, 0.2) is 41.8 Å². The van der Waals surface area contributed by atoms with E-state index in [1.807, 2.05) is 48.7 Å². The second-order valence-electron chi connectivity index (χ2n) is 3.98. The molecule has 3 heteroatoms. The van der Waals surface area contributed by atoms with Crippen LogP contribution in [0.1, 0.15) is 28.2 Å². The van der Waals surface area contributed by atoms with Gasteiger partial charge in [0.2, 0.25) is 0 Å². The molecular formula is C14H16O2S. The van der Waals surface area contributed by atoms with E-state index in [0.29, 0.717) is 0 Å². The Morgan fingerprint density at radius 1 is 1.18 bits per heavy atom. The number of thiophene rings is 1. The van der Waals surface area contributed by atoms with E-state index in [1.54, 1.807) is 18.4 Å². The second-order valence-corrected chi connectivity index (χ2v) is 4.93. The Morgan fingerprint density at radius 3 is 2.41 bits per heavy atom. The lowest BCUT2D eigenvalue weighted by molar-refractivity contribution is -0.0133. The summed E-state index contributed by atoms with van der Waals surface area (Å²) in [6.45, 7) is 2.01. The monoisotopic (exact) mass is 248 g/mol. The summed E-state index contributed by atoms with van der Waals surface area (Å²) in [5.74, 6) is 0. The summed E-state index contributed by atoms with van der Waals surface area (Å²) in [7, 11) is 1.63. The molecule has 1 aromatic carbocycles. The average Bonchev–Trinajstić information content (AvgIpc) is 2.77. The molecule has 0 aliphatic heterocycles. The third-order valence-electron chi connectivity index (χ3n) is 2.84. The number of methoxy groups -OCH3 is 1. The molecule has 0 spiro atoms. The van der Waals surface area contributed by atoms with E-state index in [9.17, 15) is 5.11 Å². The number of rotatable bonds is 4. The molecule has 0 saturated heterocycles. The third kappa shape index (κ3) is 2.57. The lowest BCUT2D eigenvalue weighted by atomic mass is 10.0. The van der Waals surface area contributed by atoms with Gasteiger partial charge in [0, 0.05) is 12.0 Å². The van der Waals surface area contributed by atoms with Gasteiger partial charge in [-0.1, -0.05) is 30.3 Å². The molecule has 0 aliphatic carbocycles. The molecule has 0 aliphatic rings. The smallest absolute Gasteiger partial charge is 0.119 e. The summed E-state index contributed by atoms with van der Waals surface area (Å²) >= 11 is 1.57. The lowest BCUT2D eigenvalue weighted by Gasteiger charge is -2.21. The standard InChI is InChI=1S/C14H16O2S/c1-10-8-9-17-14(10)12(15)13(16-2)11-6-4-3-5-7-11/h3-9,12-13,15H,1-2H3. The van der Waals surface area contributed by atoms with Crippen LogP contribution in [0.4, 0.5) is 0 Å². The number of benzene rings is 1. The van der Waals surface area contributed by atoms with Crippen LogP contribution in [0.2, 0.25) is 0 Å². The van der Waals surface area contributed by atoms with E-state index in [4.69, 9.17) is 4.74 Å². The van der Waals surface area contributed by atoms with E-state index in [0.717, 1.165) is 16.0 Å². The van der Waals surface area contributed by atoms with Gasteiger partial charge in [0.15, 0.2) is 0 Å². The van der Waals surface area contributed by atoms with Crippen molar-refractivity contribution in [1.82, 2.24) is 0 Å². The first-order valence-corrected chi connectivity index (χ1v) is 6.42. The lowest BCUT2D eigenvalue weighted by Crippen LogP contribution is -2.12. The van der Waals surface area contributed by atoms with Crippen molar-refractivity contribution in [3.05, 3.63) is 57.8 Å². The van der Waals surface area contributed by atoms with Gasteiger partial charge in [-0.05, 0) is 29.5 Å². The third-order valence-corrected chi connectivity index (χ3v) is 3.93. The molecule has 17 heavy (non-hydrogen) atoms. The summed E-state index contributed by atoms with van der Waals surface area (Å²) < 4.78 is 5.43. The summed E-state index contributed by atoms with van der Waals surface area (Å²) in [5.41, 5.74) is 2.11. The van der Waals surface area contributed by atoms with Crippen LogP contribution in [0.5, 0.6) is 0 Å². The fraction of sp³-hybridized carbons (Fsp3) is 0.286. The molecule has 0 fully saturated rings. The van der Waals surface area contributed by atoms with E-state index in [1.165, 1.54) is 0 Å². The van der Waals surface area contributed by atoms with Crippen molar-refractivity contribution in [2.24, 2.45) is 0 Å². The molecule has 2 unspecified atom stereocenters. The molecule has 2 rings (SSSR count). The topological polar surface area (TPSA) is 29.5 Å². The predicted octanol–water partition coefficient (Wildman–Crippen LogP) is 3.48. The second kappa shape index (κ2) is 5.45. The molecule has 90 valence electrons. The first-order chi connectivity index (χ1) is 8.24. The number of aliphatic hydroxyl groups excluding tert-OH is 1. The van der Waals surface area contributed by atoms with Gasteiger partial charge in [-0.15, -0.1) is 11.3 Å². The zero-order valence-electron chi connectivity index (χ0n) is 9.96. The van der Waals surface area contributed by atoms with Gasteiger partial charge in [-0.3, -0.25) is 0 Å². The molecule has 0 radical (unpaired) electrons. The first-order valence-electron chi connectivity index (χ1n) is 5.54. The Balaban J connectivity index is 2.28. The van der Waals surface area contributed by atoms with Crippen LogP contribution in [0.3, 0.4) is 0 Å². The Bertz CT molecular complexity index is 464. The van der Waals surface area contributed by atoms with Gasteiger partial charge in [0.1, 0.15) is 12.2 Å². The highest BCUT2D eigenvalue weighted by Crippen LogP contribution is 2.35. The zero-order valence-corrected chi connectivity index (χ0v) is 10.8. The normalized spacial score (nSPS) is 14.5. The summed E-state index contributed by atoms with van der Waals surface area (Å²) in [6, 6.07) is 11.8. The zero-order chi connectivity index (χ0) is 12.3. The van der Waals surface area contributed by atoms with Gasteiger partial charge in [0.05, 0.1) is 0 Å². The minimum Gasteiger partial charge on any atom is -0.384 e. The van der Waals surface area contributed by atoms with Gasteiger partial charge in [-0.2, -0.15) is 0 Å². The minimum absolute atomic E-state index is 0.312. The SMILES string of the molecule is COC(c1ccccc1)C(O)c1sccc1C. The average molecular weight is 248 g/mol. The van der Waals surface area contributed by atoms with Crippen LogP contribution in [0, 0.1) is 6.92 Å². The van der Waals surface area contributed by atoms with Gasteiger partial charge < -0.3 is 9.84 Å². The maximum absolute atomic E-state index is 10.4. The Hall–Kier alpha value is -1.16. The molecule has 1 heterocycles. The fourth-order valence-corrected chi connectivity index (χ4v) is 2.85. The van der Waals surface area contributed by atoms with Crippen molar-refractivity contribution in [2.45, 2.75) is 19.1 Å². The van der Waals surface area contributed by atoms with Crippen LogP contribution in [-0.4, -0.2) is 12.2 Å². The Kier molecular flexibility index (Phi) is 3.94. The molecular weight excluding hydrogens is 232 g/mol. The van der Waals surface area contributed by atoms with E-state index >= 15 is 0 Å². The maximum Gasteiger partial charge on any atom is 0.119 e. The van der Waals surface area contributed by atoms with Crippen molar-refractivity contribution >= 4 is 11.3 Å². The molecule has 2 atom stereocenters. The minimum atomic E-state index is -0.609. The molecule has 2 aromatic rings. The van der Waals surface area contributed by atoms with Gasteiger partial charge in [-0.25, -0.2) is 0 Å². The summed E-state index contributed by atoms with van der Waals surface area (Å²) in [5, 5.41) is 12.4. The molecule has 0 amide bonds. The quantitative estimate of drug-likeness (QED) is 0.897. The molecule has 0 saturated carbocycles. The number of hydrogen-bond donors (Lipinski definition) is 1. The number of aryl methyl sites for hydroxylation is 1. The van der Waals surface area contributed by atoms with E-state index in [-0.39, 0.29) is 6.10 Å². The van der Waals surface area contributed by atoms with Gasteiger partial charge in [0.25, 0.3) is 0 Å². The van der Waals surface area contributed by atoms with Crippen LogP contribution in [-0.2, 0) is 4.74 Å². The molecule has 0 bridgehead atoms. The van der Waals surface area contributed by atoms with E-state index in [2.05, 4.69) is 0 Å². The maximum atomic E-state index is 10.4. The molecule has 2 nitrogen and oxygen atoms in total. The first kappa shape index (κ1) is 12.3. The number of ether oxygens (including phenoxy) is 1. The van der Waals surface area contributed by atoms with Crippen molar-refractivity contribution < 1.29 is 9.84 Å². The van der Waals surface area contributed by atoms with E-state index < -0.39 is 6.10 Å². The number of aliphatic hydroxyl groups is 1. The summed E-state index contributed by atoms with van der Waals surface area (Å²) in [6.07, 6.45) is -0.920. The Morgan fingerprint density at radius 2 is 1.88 bits per heavy atom. The Labute approximate surface area is 105 Å². The molecule has 1 aromatic heterocycles. The highest BCUT2D eigenvalue weighted by molar-refractivity contribution is 7.10.